The van der Waals surface area contributed by atoms with Crippen molar-refractivity contribution in [1.29, 1.82) is 0 Å². The van der Waals surface area contributed by atoms with Crippen LogP contribution in [-0.2, 0) is 6.42 Å². The van der Waals surface area contributed by atoms with Crippen molar-refractivity contribution in [2.45, 2.75) is 37.3 Å². The van der Waals surface area contributed by atoms with E-state index in [0.29, 0.717) is 12.8 Å². The van der Waals surface area contributed by atoms with Gasteiger partial charge in [-0.3, -0.25) is 0 Å². The van der Waals surface area contributed by atoms with Gasteiger partial charge in [-0.2, -0.15) is 0 Å². The molecule has 1 aromatic carbocycles. The molecule has 1 heterocycles. The number of aliphatic hydroxyl groups is 1. The molecule has 3 rings (SSSR count). The van der Waals surface area contributed by atoms with Crippen molar-refractivity contribution in [3.63, 3.8) is 0 Å². The maximum Gasteiger partial charge on any atom is 0.107 e. The van der Waals surface area contributed by atoms with Gasteiger partial charge in [0.2, 0.25) is 0 Å². The van der Waals surface area contributed by atoms with E-state index in [4.69, 9.17) is 5.73 Å². The monoisotopic (exact) mass is 231 g/mol. The number of rotatable bonds is 3. The van der Waals surface area contributed by atoms with Gasteiger partial charge in [0.15, 0.2) is 0 Å². The van der Waals surface area contributed by atoms with E-state index >= 15 is 0 Å². The number of aromatic nitrogens is 2. The van der Waals surface area contributed by atoms with Crippen LogP contribution >= 0.6 is 0 Å². The summed E-state index contributed by atoms with van der Waals surface area (Å²) in [6.07, 6.45) is 2.96. The second-order valence-electron chi connectivity index (χ2n) is 5.13. The highest BCUT2D eigenvalue weighted by atomic mass is 16.3. The minimum Gasteiger partial charge on any atom is -0.393 e. The maximum absolute atomic E-state index is 9.29. The lowest BCUT2D eigenvalue weighted by molar-refractivity contribution is 0.0187. The van der Waals surface area contributed by atoms with Crippen LogP contribution in [0.15, 0.2) is 24.3 Å². The molecule has 90 valence electrons. The highest BCUT2D eigenvalue weighted by molar-refractivity contribution is 5.74. The summed E-state index contributed by atoms with van der Waals surface area (Å²) in [5.74, 6) is 0.984. The molecule has 1 aromatic heterocycles. The minimum atomic E-state index is -0.198. The topological polar surface area (TPSA) is 74.9 Å². The third kappa shape index (κ3) is 2.06. The van der Waals surface area contributed by atoms with Crippen LogP contribution in [0, 0.1) is 0 Å². The Labute approximate surface area is 99.9 Å². The number of imidazole rings is 1. The van der Waals surface area contributed by atoms with E-state index in [2.05, 4.69) is 9.97 Å². The summed E-state index contributed by atoms with van der Waals surface area (Å²) < 4.78 is 0. The molecule has 0 radical (unpaired) electrons. The standard InChI is InChI=1S/C13H17N3O/c14-13(7-9(17)8-13)6-5-12-15-10-3-1-2-4-11(10)16-12/h1-4,9,17H,5-8,14H2,(H,15,16). The third-order valence-corrected chi connectivity index (χ3v) is 3.58. The minimum absolute atomic E-state index is 0.182. The van der Waals surface area contributed by atoms with E-state index in [-0.39, 0.29) is 11.6 Å². The molecule has 1 saturated carbocycles. The molecular weight excluding hydrogens is 214 g/mol. The van der Waals surface area contributed by atoms with Crippen LogP contribution in [0.25, 0.3) is 11.0 Å². The Morgan fingerprint density at radius 3 is 2.88 bits per heavy atom. The van der Waals surface area contributed by atoms with Crippen LogP contribution in [0.5, 0.6) is 0 Å². The molecule has 0 amide bonds. The second kappa shape index (κ2) is 3.82. The molecular formula is C13H17N3O. The van der Waals surface area contributed by atoms with E-state index in [1.165, 1.54) is 0 Å². The fourth-order valence-electron chi connectivity index (χ4n) is 2.57. The van der Waals surface area contributed by atoms with E-state index in [1.807, 2.05) is 24.3 Å². The first-order chi connectivity index (χ1) is 8.15. The van der Waals surface area contributed by atoms with Gasteiger partial charge in [-0.25, -0.2) is 4.98 Å². The van der Waals surface area contributed by atoms with Gasteiger partial charge in [0.05, 0.1) is 17.1 Å². The Bertz CT molecular complexity index is 495. The quantitative estimate of drug-likeness (QED) is 0.746. The highest BCUT2D eigenvalue weighted by Gasteiger charge is 2.39. The van der Waals surface area contributed by atoms with Crippen molar-refractivity contribution in [2.75, 3.05) is 0 Å². The number of nitrogens with one attached hydrogen (secondary N) is 1. The van der Waals surface area contributed by atoms with Gasteiger partial charge in [0.25, 0.3) is 0 Å². The lowest BCUT2D eigenvalue weighted by atomic mass is 9.72. The summed E-state index contributed by atoms with van der Waals surface area (Å²) in [5, 5.41) is 9.29. The van der Waals surface area contributed by atoms with Crippen LogP contribution in [0.1, 0.15) is 25.1 Å². The Kier molecular flexibility index (Phi) is 2.42. The number of hydrogen-bond acceptors (Lipinski definition) is 3. The molecule has 17 heavy (non-hydrogen) atoms. The molecule has 2 aromatic rings. The molecule has 0 aliphatic heterocycles. The summed E-state index contributed by atoms with van der Waals surface area (Å²) in [4.78, 5) is 7.82. The lowest BCUT2D eigenvalue weighted by Crippen LogP contribution is -2.54. The number of benzene rings is 1. The van der Waals surface area contributed by atoms with Crippen molar-refractivity contribution in [3.8, 4) is 0 Å². The van der Waals surface area contributed by atoms with Crippen molar-refractivity contribution in [1.82, 2.24) is 9.97 Å². The van der Waals surface area contributed by atoms with Crippen molar-refractivity contribution in [2.24, 2.45) is 5.73 Å². The predicted octanol–water partition coefficient (Wildman–Crippen LogP) is 1.35. The maximum atomic E-state index is 9.29. The summed E-state index contributed by atoms with van der Waals surface area (Å²) >= 11 is 0. The predicted molar refractivity (Wildman–Crippen MR) is 66.6 cm³/mol. The van der Waals surface area contributed by atoms with Gasteiger partial charge in [-0.1, -0.05) is 12.1 Å². The fraction of sp³-hybridized carbons (Fsp3) is 0.462. The summed E-state index contributed by atoms with van der Waals surface area (Å²) in [5.41, 5.74) is 8.03. The molecule has 4 N–H and O–H groups in total. The summed E-state index contributed by atoms with van der Waals surface area (Å²) in [7, 11) is 0. The van der Waals surface area contributed by atoms with Crippen molar-refractivity contribution >= 4 is 11.0 Å². The Balaban J connectivity index is 1.69. The first-order valence-corrected chi connectivity index (χ1v) is 6.05. The summed E-state index contributed by atoms with van der Waals surface area (Å²) in [6, 6.07) is 8.01. The van der Waals surface area contributed by atoms with Crippen molar-refractivity contribution < 1.29 is 5.11 Å². The molecule has 0 unspecified atom stereocenters. The lowest BCUT2D eigenvalue weighted by Gasteiger charge is -2.42. The Hall–Kier alpha value is -1.39. The van der Waals surface area contributed by atoms with Gasteiger partial charge < -0.3 is 15.8 Å². The van der Waals surface area contributed by atoms with Crippen LogP contribution in [0.3, 0.4) is 0 Å². The zero-order valence-electron chi connectivity index (χ0n) is 9.69. The molecule has 4 heteroatoms. The number of hydrogen-bond donors (Lipinski definition) is 3. The molecule has 1 aliphatic carbocycles. The number of nitrogens with zero attached hydrogens (tertiary/aromatic N) is 1. The van der Waals surface area contributed by atoms with E-state index in [1.54, 1.807) is 0 Å². The van der Waals surface area contributed by atoms with Crippen molar-refractivity contribution in [3.05, 3.63) is 30.1 Å². The Morgan fingerprint density at radius 2 is 2.18 bits per heavy atom. The average Bonchev–Trinajstić information content (AvgIpc) is 2.67. The number of para-hydroxylation sites is 2. The van der Waals surface area contributed by atoms with Crippen LogP contribution in [0.4, 0.5) is 0 Å². The van der Waals surface area contributed by atoms with Crippen LogP contribution in [-0.4, -0.2) is 26.7 Å². The van der Waals surface area contributed by atoms with Gasteiger partial charge >= 0.3 is 0 Å². The second-order valence-corrected chi connectivity index (χ2v) is 5.13. The third-order valence-electron chi connectivity index (χ3n) is 3.58. The zero-order chi connectivity index (χ0) is 11.9. The van der Waals surface area contributed by atoms with Gasteiger partial charge in [-0.15, -0.1) is 0 Å². The van der Waals surface area contributed by atoms with E-state index < -0.39 is 0 Å². The number of aryl methyl sites for hydroxylation is 1. The normalized spacial score (nSPS) is 28.2. The van der Waals surface area contributed by atoms with Gasteiger partial charge in [0.1, 0.15) is 5.82 Å². The number of aliphatic hydroxyl groups excluding tert-OH is 1. The number of H-pyrrole nitrogens is 1. The van der Waals surface area contributed by atoms with E-state index in [0.717, 1.165) is 29.7 Å². The fourth-order valence-corrected chi connectivity index (χ4v) is 2.57. The first kappa shape index (κ1) is 10.7. The van der Waals surface area contributed by atoms with E-state index in [9.17, 15) is 5.11 Å². The van der Waals surface area contributed by atoms with Gasteiger partial charge in [0, 0.05) is 12.0 Å². The molecule has 0 bridgehead atoms. The van der Waals surface area contributed by atoms with Crippen LogP contribution < -0.4 is 5.73 Å². The van der Waals surface area contributed by atoms with Gasteiger partial charge in [-0.05, 0) is 31.4 Å². The Morgan fingerprint density at radius 1 is 1.41 bits per heavy atom. The molecule has 4 nitrogen and oxygen atoms in total. The zero-order valence-corrected chi connectivity index (χ0v) is 9.69. The molecule has 1 fully saturated rings. The molecule has 1 aliphatic rings. The molecule has 0 spiro atoms. The molecule has 0 atom stereocenters. The van der Waals surface area contributed by atoms with Crippen LogP contribution in [0.2, 0.25) is 0 Å². The summed E-state index contributed by atoms with van der Waals surface area (Å²) in [6.45, 7) is 0. The number of aromatic amines is 1. The SMILES string of the molecule is NC1(CCc2nc3ccccc3[nH]2)CC(O)C1. The number of nitrogens with two attached hydrogens (primary N) is 1. The largest absolute Gasteiger partial charge is 0.393 e. The smallest absolute Gasteiger partial charge is 0.107 e. The molecule has 0 saturated heterocycles. The highest BCUT2D eigenvalue weighted by Crippen LogP contribution is 2.33. The average molecular weight is 231 g/mol. The first-order valence-electron chi connectivity index (χ1n) is 6.05. The number of fused-ring (bicyclic) bond motifs is 1.